The Morgan fingerprint density at radius 1 is 1.03 bits per heavy atom. The molecule has 2 saturated heterocycles. The molecule has 2 fully saturated rings. The molecule has 0 bridgehead atoms. The Labute approximate surface area is 232 Å². The SMILES string of the molecule is CCOc1cc(/C=C2\SC(=O)N(CC(=O)Nc3ccc(C(C)C)cc3)C2=O)ccc1OCC(=O)N1CCCC1. The molecule has 2 aromatic rings. The minimum Gasteiger partial charge on any atom is -0.490 e. The maximum atomic E-state index is 12.9. The van der Waals surface area contributed by atoms with Crippen LogP contribution in [-0.4, -0.2) is 65.6 Å². The van der Waals surface area contributed by atoms with Crippen LogP contribution in [0.25, 0.3) is 6.08 Å². The van der Waals surface area contributed by atoms with Crippen LogP contribution >= 0.6 is 11.8 Å². The van der Waals surface area contributed by atoms with Crippen molar-refractivity contribution >= 4 is 46.5 Å². The number of thioether (sulfide) groups is 1. The summed E-state index contributed by atoms with van der Waals surface area (Å²) >= 11 is 0.778. The van der Waals surface area contributed by atoms with Gasteiger partial charge in [-0.25, -0.2) is 0 Å². The molecular formula is C29H33N3O6S. The molecule has 2 aliphatic rings. The molecule has 39 heavy (non-hydrogen) atoms. The third kappa shape index (κ3) is 7.20. The Morgan fingerprint density at radius 2 is 1.74 bits per heavy atom. The standard InChI is InChI=1S/C29H33N3O6S/c1-4-37-24-15-20(7-12-23(24)38-18-27(34)31-13-5-6-14-31)16-25-28(35)32(29(36)39-25)17-26(33)30-22-10-8-21(9-11-22)19(2)3/h7-12,15-16,19H,4-6,13-14,17-18H2,1-3H3,(H,30,33)/b25-16-. The second kappa shape index (κ2) is 12.8. The Hall–Kier alpha value is -3.79. The van der Waals surface area contributed by atoms with Gasteiger partial charge in [-0.15, -0.1) is 0 Å². The van der Waals surface area contributed by atoms with Gasteiger partial charge < -0.3 is 19.7 Å². The number of anilines is 1. The summed E-state index contributed by atoms with van der Waals surface area (Å²) in [4.78, 5) is 53.3. The molecule has 0 radical (unpaired) electrons. The molecule has 0 atom stereocenters. The van der Waals surface area contributed by atoms with E-state index in [2.05, 4.69) is 19.2 Å². The molecule has 0 unspecified atom stereocenters. The van der Waals surface area contributed by atoms with E-state index in [0.29, 0.717) is 35.3 Å². The lowest BCUT2D eigenvalue weighted by atomic mass is 10.0. The van der Waals surface area contributed by atoms with Crippen LogP contribution in [0.3, 0.4) is 0 Å². The van der Waals surface area contributed by atoms with E-state index < -0.39 is 17.1 Å². The fourth-order valence-electron chi connectivity index (χ4n) is 4.28. The first-order valence-electron chi connectivity index (χ1n) is 13.1. The molecule has 2 heterocycles. The van der Waals surface area contributed by atoms with E-state index in [0.717, 1.165) is 48.2 Å². The number of hydrogen-bond acceptors (Lipinski definition) is 7. The maximum Gasteiger partial charge on any atom is 0.294 e. The third-order valence-electron chi connectivity index (χ3n) is 6.41. The summed E-state index contributed by atoms with van der Waals surface area (Å²) in [5, 5.41) is 2.22. The average Bonchev–Trinajstić information content (AvgIpc) is 3.54. The number of hydrogen-bond donors (Lipinski definition) is 1. The zero-order valence-electron chi connectivity index (χ0n) is 22.4. The van der Waals surface area contributed by atoms with Gasteiger partial charge in [-0.1, -0.05) is 32.0 Å². The van der Waals surface area contributed by atoms with Crippen molar-refractivity contribution in [3.63, 3.8) is 0 Å². The minimum absolute atomic E-state index is 0.0655. The van der Waals surface area contributed by atoms with Crippen LogP contribution in [0.4, 0.5) is 10.5 Å². The van der Waals surface area contributed by atoms with Gasteiger partial charge in [0.1, 0.15) is 6.54 Å². The second-order valence-corrected chi connectivity index (χ2v) is 10.6. The summed E-state index contributed by atoms with van der Waals surface area (Å²) in [6, 6.07) is 12.6. The smallest absolute Gasteiger partial charge is 0.294 e. The molecule has 2 aliphatic heterocycles. The fraction of sp³-hybridized carbons (Fsp3) is 0.379. The largest absolute Gasteiger partial charge is 0.490 e. The highest BCUT2D eigenvalue weighted by Crippen LogP contribution is 2.35. The molecule has 0 spiro atoms. The Balaban J connectivity index is 1.39. The highest BCUT2D eigenvalue weighted by molar-refractivity contribution is 8.18. The predicted molar refractivity (Wildman–Crippen MR) is 151 cm³/mol. The number of nitrogens with zero attached hydrogens (tertiary/aromatic N) is 2. The predicted octanol–water partition coefficient (Wildman–Crippen LogP) is 4.88. The van der Waals surface area contributed by atoms with Crippen LogP contribution in [0.1, 0.15) is 50.7 Å². The van der Waals surface area contributed by atoms with E-state index in [1.165, 1.54) is 0 Å². The third-order valence-corrected chi connectivity index (χ3v) is 7.32. The van der Waals surface area contributed by atoms with Crippen LogP contribution in [0, 0.1) is 0 Å². The Bertz CT molecular complexity index is 1270. The summed E-state index contributed by atoms with van der Waals surface area (Å²) in [7, 11) is 0. The van der Waals surface area contributed by atoms with Gasteiger partial charge >= 0.3 is 0 Å². The zero-order chi connectivity index (χ0) is 27.9. The number of carbonyl (C=O) groups is 4. The summed E-state index contributed by atoms with van der Waals surface area (Å²) < 4.78 is 11.4. The summed E-state index contributed by atoms with van der Waals surface area (Å²) in [5.41, 5.74) is 2.36. The molecular weight excluding hydrogens is 518 g/mol. The first-order valence-corrected chi connectivity index (χ1v) is 13.9. The van der Waals surface area contributed by atoms with Gasteiger partial charge in [0, 0.05) is 18.8 Å². The summed E-state index contributed by atoms with van der Waals surface area (Å²) in [5.74, 6) is 0.165. The lowest BCUT2D eigenvalue weighted by Gasteiger charge is -2.17. The van der Waals surface area contributed by atoms with Crippen molar-refractivity contribution in [1.29, 1.82) is 0 Å². The van der Waals surface area contributed by atoms with E-state index >= 15 is 0 Å². The van der Waals surface area contributed by atoms with Crippen molar-refractivity contribution in [3.8, 4) is 11.5 Å². The van der Waals surface area contributed by atoms with E-state index in [1.807, 2.05) is 19.1 Å². The van der Waals surface area contributed by atoms with Crippen LogP contribution in [0.2, 0.25) is 0 Å². The Kier molecular flexibility index (Phi) is 9.29. The van der Waals surface area contributed by atoms with E-state index in [1.54, 1.807) is 41.3 Å². The van der Waals surface area contributed by atoms with Crippen molar-refractivity contribution in [1.82, 2.24) is 9.80 Å². The monoisotopic (exact) mass is 551 g/mol. The highest BCUT2D eigenvalue weighted by atomic mass is 32.2. The number of nitrogens with one attached hydrogen (secondary N) is 1. The maximum absolute atomic E-state index is 12.9. The van der Waals surface area contributed by atoms with Crippen LogP contribution in [0.5, 0.6) is 11.5 Å². The quantitative estimate of drug-likeness (QED) is 0.420. The van der Waals surface area contributed by atoms with Gasteiger partial charge in [-0.05, 0) is 78.9 Å². The van der Waals surface area contributed by atoms with Crippen molar-refractivity contribution in [2.45, 2.75) is 39.5 Å². The van der Waals surface area contributed by atoms with E-state index in [-0.39, 0.29) is 24.0 Å². The number of rotatable bonds is 10. The Morgan fingerprint density at radius 3 is 2.41 bits per heavy atom. The number of likely N-dealkylation sites (tertiary alicyclic amines) is 1. The number of benzene rings is 2. The normalized spacial score (nSPS) is 16.4. The average molecular weight is 552 g/mol. The van der Waals surface area contributed by atoms with Gasteiger partial charge in [0.05, 0.1) is 11.5 Å². The molecule has 0 saturated carbocycles. The van der Waals surface area contributed by atoms with Gasteiger partial charge in [0.15, 0.2) is 18.1 Å². The molecule has 4 rings (SSSR count). The lowest BCUT2D eigenvalue weighted by Crippen LogP contribution is -2.36. The van der Waals surface area contributed by atoms with Crippen molar-refractivity contribution in [2.75, 3.05) is 38.2 Å². The first-order chi connectivity index (χ1) is 18.7. The number of carbonyl (C=O) groups excluding carboxylic acids is 4. The molecule has 1 N–H and O–H groups in total. The van der Waals surface area contributed by atoms with Crippen molar-refractivity contribution in [3.05, 3.63) is 58.5 Å². The second-order valence-electron chi connectivity index (χ2n) is 9.61. The molecule has 0 aliphatic carbocycles. The molecule has 0 aromatic heterocycles. The number of ether oxygens (including phenoxy) is 2. The van der Waals surface area contributed by atoms with Crippen molar-refractivity contribution < 1.29 is 28.7 Å². The fourth-order valence-corrected chi connectivity index (χ4v) is 5.12. The zero-order valence-corrected chi connectivity index (χ0v) is 23.2. The molecule has 206 valence electrons. The summed E-state index contributed by atoms with van der Waals surface area (Å²) in [6.45, 7) is 7.42. The van der Waals surface area contributed by atoms with Crippen LogP contribution in [0.15, 0.2) is 47.4 Å². The molecule has 9 nitrogen and oxygen atoms in total. The molecule has 10 heteroatoms. The van der Waals surface area contributed by atoms with Crippen molar-refractivity contribution in [2.24, 2.45) is 0 Å². The topological polar surface area (TPSA) is 105 Å². The van der Waals surface area contributed by atoms with Crippen LogP contribution in [-0.2, 0) is 14.4 Å². The van der Waals surface area contributed by atoms with Crippen LogP contribution < -0.4 is 14.8 Å². The molecule has 4 amide bonds. The van der Waals surface area contributed by atoms with Gasteiger partial charge in [0.2, 0.25) is 5.91 Å². The lowest BCUT2D eigenvalue weighted by molar-refractivity contribution is -0.132. The molecule has 2 aromatic carbocycles. The van der Waals surface area contributed by atoms with Gasteiger partial charge in [-0.3, -0.25) is 24.1 Å². The van der Waals surface area contributed by atoms with E-state index in [9.17, 15) is 19.2 Å². The highest BCUT2D eigenvalue weighted by Gasteiger charge is 2.36. The first kappa shape index (κ1) is 28.2. The minimum atomic E-state index is -0.537. The van der Waals surface area contributed by atoms with Gasteiger partial charge in [0.25, 0.3) is 17.1 Å². The summed E-state index contributed by atoms with van der Waals surface area (Å²) in [6.07, 6.45) is 3.59. The van der Waals surface area contributed by atoms with E-state index in [4.69, 9.17) is 9.47 Å². The van der Waals surface area contributed by atoms with Gasteiger partial charge in [-0.2, -0.15) is 0 Å². The number of amides is 4. The number of imide groups is 1.